The van der Waals surface area contributed by atoms with E-state index in [-0.39, 0.29) is 5.91 Å². The van der Waals surface area contributed by atoms with Gasteiger partial charge in [0.05, 0.1) is 5.56 Å². The second-order valence-corrected chi connectivity index (χ2v) is 6.12. The van der Waals surface area contributed by atoms with Crippen molar-refractivity contribution in [3.8, 4) is 0 Å². The van der Waals surface area contributed by atoms with Crippen LogP contribution < -0.4 is 5.32 Å². The lowest BCUT2D eigenvalue weighted by Gasteiger charge is -2.06. The first-order valence-electron chi connectivity index (χ1n) is 4.57. The highest BCUT2D eigenvalue weighted by Gasteiger charge is 2.09. The molecule has 0 aromatic heterocycles. The van der Waals surface area contributed by atoms with Crippen LogP contribution in [0.5, 0.6) is 0 Å². The Hall–Kier alpha value is -0.330. The predicted octanol–water partition coefficient (Wildman–Crippen LogP) is 1.85. The summed E-state index contributed by atoms with van der Waals surface area (Å²) in [7, 11) is -0.890. The highest BCUT2D eigenvalue weighted by molar-refractivity contribution is 9.10. The van der Waals surface area contributed by atoms with Gasteiger partial charge in [-0.05, 0) is 34.1 Å². The second-order valence-electron chi connectivity index (χ2n) is 3.20. The van der Waals surface area contributed by atoms with E-state index in [9.17, 15) is 9.00 Å². The SMILES string of the molecule is CS(=O)CCNC(=O)c1cc(S)ccc1Br. The molecule has 1 atom stereocenters. The quantitative estimate of drug-likeness (QED) is 0.831. The molecular weight excluding hydrogens is 310 g/mol. The Bertz CT molecular complexity index is 423. The van der Waals surface area contributed by atoms with Gasteiger partial charge in [-0.2, -0.15) is 0 Å². The maximum absolute atomic E-state index is 11.7. The normalized spacial score (nSPS) is 12.2. The number of nitrogens with one attached hydrogen (secondary N) is 1. The van der Waals surface area contributed by atoms with Gasteiger partial charge in [0.1, 0.15) is 0 Å². The molecular formula is C10H12BrNO2S2. The molecule has 1 amide bonds. The third kappa shape index (κ3) is 4.27. The molecule has 1 unspecified atom stereocenters. The van der Waals surface area contributed by atoms with Crippen molar-refractivity contribution in [2.45, 2.75) is 4.90 Å². The molecule has 0 aliphatic rings. The van der Waals surface area contributed by atoms with E-state index in [1.54, 1.807) is 24.5 Å². The van der Waals surface area contributed by atoms with E-state index in [1.165, 1.54) is 0 Å². The monoisotopic (exact) mass is 321 g/mol. The van der Waals surface area contributed by atoms with E-state index in [4.69, 9.17) is 0 Å². The summed E-state index contributed by atoms with van der Waals surface area (Å²) in [6.07, 6.45) is 1.61. The van der Waals surface area contributed by atoms with Gasteiger partial charge < -0.3 is 5.32 Å². The first kappa shape index (κ1) is 13.7. The summed E-state index contributed by atoms with van der Waals surface area (Å²) in [6, 6.07) is 5.26. The minimum absolute atomic E-state index is 0.187. The lowest BCUT2D eigenvalue weighted by atomic mass is 10.2. The number of halogens is 1. The largest absolute Gasteiger partial charge is 0.351 e. The van der Waals surface area contributed by atoms with Crippen LogP contribution in [-0.2, 0) is 10.8 Å². The van der Waals surface area contributed by atoms with Crippen LogP contribution in [0.2, 0.25) is 0 Å². The van der Waals surface area contributed by atoms with E-state index < -0.39 is 10.8 Å². The first-order valence-corrected chi connectivity index (χ1v) is 7.54. The number of thiol groups is 1. The fourth-order valence-electron chi connectivity index (χ4n) is 1.09. The fraction of sp³-hybridized carbons (Fsp3) is 0.300. The number of carbonyl (C=O) groups excluding carboxylic acids is 1. The molecule has 0 saturated carbocycles. The molecule has 3 nitrogen and oxygen atoms in total. The van der Waals surface area contributed by atoms with Gasteiger partial charge in [-0.1, -0.05) is 0 Å². The van der Waals surface area contributed by atoms with Crippen LogP contribution in [0.15, 0.2) is 27.6 Å². The Labute approximate surface area is 111 Å². The van der Waals surface area contributed by atoms with Crippen LogP contribution >= 0.6 is 28.6 Å². The molecule has 1 rings (SSSR count). The lowest BCUT2D eigenvalue weighted by molar-refractivity contribution is 0.0955. The first-order chi connectivity index (χ1) is 7.50. The minimum Gasteiger partial charge on any atom is -0.351 e. The summed E-state index contributed by atoms with van der Waals surface area (Å²) < 4.78 is 11.5. The van der Waals surface area contributed by atoms with E-state index in [2.05, 4.69) is 33.9 Å². The van der Waals surface area contributed by atoms with Crippen molar-refractivity contribution < 1.29 is 9.00 Å². The maximum atomic E-state index is 11.7. The zero-order valence-electron chi connectivity index (χ0n) is 8.70. The molecule has 0 spiro atoms. The number of benzene rings is 1. The molecule has 1 aromatic carbocycles. The Kier molecular flexibility index (Phi) is 5.51. The van der Waals surface area contributed by atoms with Gasteiger partial charge in [0.15, 0.2) is 0 Å². The fourth-order valence-corrected chi connectivity index (χ4v) is 2.11. The molecule has 1 aromatic rings. The molecule has 0 aliphatic heterocycles. The van der Waals surface area contributed by atoms with E-state index >= 15 is 0 Å². The molecule has 0 radical (unpaired) electrons. The van der Waals surface area contributed by atoms with Crippen molar-refractivity contribution in [3.05, 3.63) is 28.2 Å². The van der Waals surface area contributed by atoms with Gasteiger partial charge in [0, 0.05) is 38.7 Å². The molecule has 0 fully saturated rings. The average Bonchev–Trinajstić information content (AvgIpc) is 2.21. The van der Waals surface area contributed by atoms with Gasteiger partial charge in [0.2, 0.25) is 0 Å². The summed E-state index contributed by atoms with van der Waals surface area (Å²) >= 11 is 7.47. The Balaban J connectivity index is 2.65. The Morgan fingerprint density at radius 2 is 2.25 bits per heavy atom. The number of carbonyl (C=O) groups is 1. The summed E-state index contributed by atoms with van der Waals surface area (Å²) in [6.45, 7) is 0.408. The van der Waals surface area contributed by atoms with Crippen LogP contribution in [0.3, 0.4) is 0 Å². The van der Waals surface area contributed by atoms with Gasteiger partial charge in [-0.15, -0.1) is 12.6 Å². The van der Waals surface area contributed by atoms with Crippen molar-refractivity contribution in [3.63, 3.8) is 0 Å². The highest BCUT2D eigenvalue weighted by atomic mass is 79.9. The number of rotatable bonds is 4. The molecule has 88 valence electrons. The summed E-state index contributed by atoms with van der Waals surface area (Å²) in [5.74, 6) is 0.275. The highest BCUT2D eigenvalue weighted by Crippen LogP contribution is 2.19. The topological polar surface area (TPSA) is 46.2 Å². The molecule has 0 bridgehead atoms. The lowest BCUT2D eigenvalue weighted by Crippen LogP contribution is -2.27. The molecule has 16 heavy (non-hydrogen) atoms. The van der Waals surface area contributed by atoms with E-state index in [1.807, 2.05) is 0 Å². The van der Waals surface area contributed by atoms with Gasteiger partial charge >= 0.3 is 0 Å². The predicted molar refractivity (Wildman–Crippen MR) is 72.7 cm³/mol. The van der Waals surface area contributed by atoms with Crippen LogP contribution in [-0.4, -0.2) is 28.7 Å². The summed E-state index contributed by atoms with van der Waals surface area (Å²) in [4.78, 5) is 12.5. The van der Waals surface area contributed by atoms with Crippen molar-refractivity contribution >= 4 is 45.3 Å². The molecule has 6 heteroatoms. The van der Waals surface area contributed by atoms with E-state index in [0.29, 0.717) is 17.9 Å². The zero-order chi connectivity index (χ0) is 12.1. The number of hydrogen-bond acceptors (Lipinski definition) is 3. The number of amides is 1. The van der Waals surface area contributed by atoms with Crippen LogP contribution in [0.1, 0.15) is 10.4 Å². The van der Waals surface area contributed by atoms with Crippen LogP contribution in [0.4, 0.5) is 0 Å². The standard InChI is InChI=1S/C10H12BrNO2S2/c1-16(14)5-4-12-10(13)8-6-7(15)2-3-9(8)11/h2-3,6,15H,4-5H2,1H3,(H,12,13). The molecule has 0 saturated heterocycles. The summed E-state index contributed by atoms with van der Waals surface area (Å²) in [5.41, 5.74) is 0.536. The van der Waals surface area contributed by atoms with E-state index in [0.717, 1.165) is 9.37 Å². The van der Waals surface area contributed by atoms with Gasteiger partial charge in [0.25, 0.3) is 5.91 Å². The average molecular weight is 322 g/mol. The molecule has 0 heterocycles. The van der Waals surface area contributed by atoms with Gasteiger partial charge in [-0.25, -0.2) is 0 Å². The Morgan fingerprint density at radius 3 is 2.88 bits per heavy atom. The molecule has 1 N–H and O–H groups in total. The maximum Gasteiger partial charge on any atom is 0.252 e. The molecule has 0 aliphatic carbocycles. The zero-order valence-corrected chi connectivity index (χ0v) is 12.0. The van der Waals surface area contributed by atoms with Crippen molar-refractivity contribution in [1.82, 2.24) is 5.32 Å². The van der Waals surface area contributed by atoms with Crippen molar-refractivity contribution in [2.75, 3.05) is 18.6 Å². The third-order valence-corrected chi connectivity index (χ3v) is 3.62. The minimum atomic E-state index is -0.890. The van der Waals surface area contributed by atoms with Crippen molar-refractivity contribution in [1.29, 1.82) is 0 Å². The summed E-state index contributed by atoms with van der Waals surface area (Å²) in [5, 5.41) is 2.70. The van der Waals surface area contributed by atoms with Gasteiger partial charge in [-0.3, -0.25) is 9.00 Å². The van der Waals surface area contributed by atoms with Crippen LogP contribution in [0.25, 0.3) is 0 Å². The Morgan fingerprint density at radius 1 is 1.56 bits per heavy atom. The second kappa shape index (κ2) is 6.42. The smallest absolute Gasteiger partial charge is 0.252 e. The third-order valence-electron chi connectivity index (χ3n) is 1.87. The van der Waals surface area contributed by atoms with Crippen molar-refractivity contribution in [2.24, 2.45) is 0 Å². The van der Waals surface area contributed by atoms with Crippen LogP contribution in [0, 0.1) is 0 Å². The number of hydrogen-bond donors (Lipinski definition) is 2.